The van der Waals surface area contributed by atoms with E-state index < -0.39 is 0 Å². The lowest BCUT2D eigenvalue weighted by Crippen LogP contribution is -2.30. The minimum Gasteiger partial charge on any atom is -0.454 e. The predicted octanol–water partition coefficient (Wildman–Crippen LogP) is 3.33. The van der Waals surface area contributed by atoms with Gasteiger partial charge in [-0.15, -0.1) is 0 Å². The van der Waals surface area contributed by atoms with E-state index in [1.54, 1.807) is 30.3 Å². The third-order valence-corrected chi connectivity index (χ3v) is 4.21. The van der Waals surface area contributed by atoms with E-state index >= 15 is 0 Å². The molecule has 4 rings (SSSR count). The van der Waals surface area contributed by atoms with Gasteiger partial charge >= 0.3 is 0 Å². The molecule has 1 fully saturated rings. The Balaban J connectivity index is 1.64. The molecule has 0 atom stereocenters. The van der Waals surface area contributed by atoms with Crippen LogP contribution in [0.3, 0.4) is 0 Å². The number of amides is 1. The average Bonchev–Trinajstić information content (AvgIpc) is 3.13. The normalized spacial score (nSPS) is 17.5. The third kappa shape index (κ3) is 2.60. The quantitative estimate of drug-likeness (QED) is 0.659. The number of hydrogen-bond acceptors (Lipinski definition) is 4. The highest BCUT2D eigenvalue weighted by Crippen LogP contribution is 2.33. The maximum absolute atomic E-state index is 12.7. The predicted molar refractivity (Wildman–Crippen MR) is 95.2 cm³/mol. The first kappa shape index (κ1) is 15.0. The van der Waals surface area contributed by atoms with Gasteiger partial charge in [0.2, 0.25) is 6.79 Å². The molecule has 0 aromatic heterocycles. The number of benzene rings is 2. The lowest BCUT2D eigenvalue weighted by Gasteiger charge is -2.13. The lowest BCUT2D eigenvalue weighted by atomic mass is 10.1. The molecule has 0 unspecified atom stereocenters. The summed E-state index contributed by atoms with van der Waals surface area (Å²) in [6.07, 6.45) is 1.73. The molecular weight excluding hydrogens is 348 g/mol. The van der Waals surface area contributed by atoms with Crippen molar-refractivity contribution in [1.82, 2.24) is 5.32 Å². The molecule has 5 nitrogen and oxygen atoms in total. The van der Waals surface area contributed by atoms with Crippen molar-refractivity contribution in [3.63, 3.8) is 0 Å². The van der Waals surface area contributed by atoms with E-state index in [0.717, 1.165) is 5.56 Å². The van der Waals surface area contributed by atoms with Crippen LogP contribution in [-0.4, -0.2) is 17.8 Å². The van der Waals surface area contributed by atoms with E-state index in [0.29, 0.717) is 33.0 Å². The van der Waals surface area contributed by atoms with Crippen molar-refractivity contribution in [2.45, 2.75) is 0 Å². The molecule has 2 heterocycles. The van der Waals surface area contributed by atoms with Gasteiger partial charge in [-0.1, -0.05) is 17.7 Å². The fraction of sp³-hybridized carbons (Fsp3) is 0.0588. The number of ether oxygens (including phenoxy) is 2. The first-order valence-electron chi connectivity index (χ1n) is 7.14. The molecule has 0 aliphatic carbocycles. The molecule has 1 amide bonds. The van der Waals surface area contributed by atoms with Crippen LogP contribution in [0.25, 0.3) is 6.08 Å². The van der Waals surface area contributed by atoms with Crippen molar-refractivity contribution in [1.29, 1.82) is 0 Å². The largest absolute Gasteiger partial charge is 0.454 e. The molecule has 24 heavy (non-hydrogen) atoms. The fourth-order valence-electron chi connectivity index (χ4n) is 2.53. The van der Waals surface area contributed by atoms with Crippen molar-refractivity contribution in [3.8, 4) is 11.5 Å². The summed E-state index contributed by atoms with van der Waals surface area (Å²) in [5.74, 6) is 1.13. The number of nitrogens with one attached hydrogen (secondary N) is 1. The number of halogens is 1. The van der Waals surface area contributed by atoms with Gasteiger partial charge in [-0.25, -0.2) is 0 Å². The molecule has 1 saturated heterocycles. The Bertz CT molecular complexity index is 880. The van der Waals surface area contributed by atoms with Crippen molar-refractivity contribution in [3.05, 3.63) is 58.7 Å². The Morgan fingerprint density at radius 2 is 1.88 bits per heavy atom. The molecule has 7 heteroatoms. The highest BCUT2D eigenvalue weighted by atomic mass is 35.5. The van der Waals surface area contributed by atoms with Crippen LogP contribution in [0.2, 0.25) is 5.02 Å². The van der Waals surface area contributed by atoms with E-state index in [1.807, 2.05) is 18.2 Å². The lowest BCUT2D eigenvalue weighted by molar-refractivity contribution is -0.113. The molecule has 0 spiro atoms. The summed E-state index contributed by atoms with van der Waals surface area (Å²) in [6, 6.07) is 12.4. The summed E-state index contributed by atoms with van der Waals surface area (Å²) in [5, 5.41) is 3.87. The zero-order valence-corrected chi connectivity index (χ0v) is 13.9. The van der Waals surface area contributed by atoms with Gasteiger partial charge in [-0.3, -0.25) is 9.69 Å². The first-order valence-corrected chi connectivity index (χ1v) is 7.93. The van der Waals surface area contributed by atoms with Crippen LogP contribution in [-0.2, 0) is 4.79 Å². The second-order valence-electron chi connectivity index (χ2n) is 5.22. The Morgan fingerprint density at radius 3 is 2.67 bits per heavy atom. The number of nitrogens with zero attached hydrogens (tertiary/aromatic N) is 1. The molecule has 0 bridgehead atoms. The standard InChI is InChI=1S/C17H11ClN2O3S/c18-11-2-4-12(5-3-11)20-16(21)13(19-17(20)24)7-10-1-6-14-15(8-10)23-9-22-14/h1-8H,9H2,(H,19,24)/b13-7-. The Kier molecular flexibility index (Phi) is 3.63. The highest BCUT2D eigenvalue weighted by Gasteiger charge is 2.32. The van der Waals surface area contributed by atoms with Crippen LogP contribution in [0.1, 0.15) is 5.56 Å². The fourth-order valence-corrected chi connectivity index (χ4v) is 2.95. The number of carbonyl (C=O) groups is 1. The van der Waals surface area contributed by atoms with Crippen molar-refractivity contribution < 1.29 is 14.3 Å². The molecule has 120 valence electrons. The van der Waals surface area contributed by atoms with E-state index in [2.05, 4.69) is 5.32 Å². The number of fused-ring (bicyclic) bond motifs is 1. The second kappa shape index (κ2) is 5.81. The zero-order chi connectivity index (χ0) is 16.7. The summed E-state index contributed by atoms with van der Waals surface area (Å²) in [7, 11) is 0. The molecule has 2 aliphatic rings. The Morgan fingerprint density at radius 1 is 1.12 bits per heavy atom. The summed E-state index contributed by atoms with van der Waals surface area (Å²) in [5.41, 5.74) is 1.88. The number of hydrogen-bond donors (Lipinski definition) is 1. The smallest absolute Gasteiger partial charge is 0.281 e. The molecule has 0 saturated carbocycles. The molecule has 2 aromatic carbocycles. The van der Waals surface area contributed by atoms with Gasteiger partial charge in [-0.05, 0) is 60.3 Å². The second-order valence-corrected chi connectivity index (χ2v) is 6.04. The van der Waals surface area contributed by atoms with Crippen molar-refractivity contribution in [2.24, 2.45) is 0 Å². The van der Waals surface area contributed by atoms with Gasteiger partial charge < -0.3 is 14.8 Å². The van der Waals surface area contributed by atoms with Crippen molar-refractivity contribution >= 4 is 46.6 Å². The SMILES string of the molecule is O=C1/C(=C/c2ccc3c(c2)OCO3)NC(=S)N1c1ccc(Cl)cc1. The number of carbonyl (C=O) groups excluding carboxylic acids is 1. The topological polar surface area (TPSA) is 50.8 Å². The Hall–Kier alpha value is -2.57. The third-order valence-electron chi connectivity index (χ3n) is 3.67. The van der Waals surface area contributed by atoms with E-state index in [-0.39, 0.29) is 12.7 Å². The van der Waals surface area contributed by atoms with Gasteiger partial charge in [0.05, 0.1) is 5.69 Å². The van der Waals surface area contributed by atoms with E-state index in [1.165, 1.54) is 4.90 Å². The molecule has 2 aromatic rings. The van der Waals surface area contributed by atoms with E-state index in [4.69, 9.17) is 33.3 Å². The van der Waals surface area contributed by atoms with Crippen LogP contribution in [0, 0.1) is 0 Å². The average molecular weight is 359 g/mol. The summed E-state index contributed by atoms with van der Waals surface area (Å²) < 4.78 is 10.6. The zero-order valence-electron chi connectivity index (χ0n) is 12.3. The van der Waals surface area contributed by atoms with Crippen LogP contribution in [0.4, 0.5) is 5.69 Å². The van der Waals surface area contributed by atoms with Gasteiger partial charge in [-0.2, -0.15) is 0 Å². The van der Waals surface area contributed by atoms with Crippen molar-refractivity contribution in [2.75, 3.05) is 11.7 Å². The molecular formula is C17H11ClN2O3S. The minimum absolute atomic E-state index is 0.209. The number of rotatable bonds is 2. The Labute approximate surface area is 148 Å². The minimum atomic E-state index is -0.222. The van der Waals surface area contributed by atoms with Crippen LogP contribution < -0.4 is 19.7 Å². The van der Waals surface area contributed by atoms with Gasteiger partial charge in [0.15, 0.2) is 16.6 Å². The van der Waals surface area contributed by atoms with Crippen LogP contribution in [0.15, 0.2) is 48.2 Å². The monoisotopic (exact) mass is 358 g/mol. The van der Waals surface area contributed by atoms with Gasteiger partial charge in [0, 0.05) is 5.02 Å². The summed E-state index contributed by atoms with van der Waals surface area (Å²) in [6.45, 7) is 0.209. The summed E-state index contributed by atoms with van der Waals surface area (Å²) in [4.78, 5) is 14.1. The summed E-state index contributed by atoms with van der Waals surface area (Å²) >= 11 is 11.2. The van der Waals surface area contributed by atoms with Crippen LogP contribution >= 0.6 is 23.8 Å². The number of anilines is 1. The van der Waals surface area contributed by atoms with Crippen LogP contribution in [0.5, 0.6) is 11.5 Å². The maximum atomic E-state index is 12.7. The maximum Gasteiger partial charge on any atom is 0.281 e. The molecule has 2 aliphatic heterocycles. The molecule has 0 radical (unpaired) electrons. The number of thiocarbonyl (C=S) groups is 1. The van der Waals surface area contributed by atoms with Gasteiger partial charge in [0.25, 0.3) is 5.91 Å². The van der Waals surface area contributed by atoms with E-state index in [9.17, 15) is 4.79 Å². The first-order chi connectivity index (χ1) is 11.6. The highest BCUT2D eigenvalue weighted by molar-refractivity contribution is 7.80. The molecule has 1 N–H and O–H groups in total. The van der Waals surface area contributed by atoms with Gasteiger partial charge in [0.1, 0.15) is 5.70 Å².